The Bertz CT molecular complexity index is 1220. The molecule has 1 amide bonds. The van der Waals surface area contributed by atoms with Crippen molar-refractivity contribution in [3.63, 3.8) is 0 Å². The van der Waals surface area contributed by atoms with Gasteiger partial charge in [0.25, 0.3) is 5.91 Å². The molecule has 1 saturated heterocycles. The molecule has 1 aliphatic rings. The third kappa shape index (κ3) is 4.72. The van der Waals surface area contributed by atoms with Gasteiger partial charge >= 0.3 is 0 Å². The molecule has 7 nitrogen and oxygen atoms in total. The molecular weight excluding hydrogens is 412 g/mol. The first-order valence-electron chi connectivity index (χ1n) is 11.1. The van der Waals surface area contributed by atoms with E-state index < -0.39 is 0 Å². The monoisotopic (exact) mass is 436 g/mol. The van der Waals surface area contributed by atoms with Crippen molar-refractivity contribution in [2.75, 3.05) is 11.9 Å². The van der Waals surface area contributed by atoms with Crippen LogP contribution in [0.25, 0.3) is 11.3 Å². The summed E-state index contributed by atoms with van der Waals surface area (Å²) in [5.41, 5.74) is 3.24. The summed E-state index contributed by atoms with van der Waals surface area (Å²) in [7, 11) is 0. The molecule has 1 atom stereocenters. The van der Waals surface area contributed by atoms with Crippen molar-refractivity contribution in [2.45, 2.75) is 25.3 Å². The maximum Gasteiger partial charge on any atom is 0.254 e. The van der Waals surface area contributed by atoms with Crippen molar-refractivity contribution in [1.29, 1.82) is 0 Å². The Morgan fingerprint density at radius 1 is 0.909 bits per heavy atom. The molecule has 0 aliphatic carbocycles. The van der Waals surface area contributed by atoms with Gasteiger partial charge in [-0.05, 0) is 55.7 Å². The molecule has 0 spiro atoms. The van der Waals surface area contributed by atoms with Gasteiger partial charge in [-0.3, -0.25) is 14.8 Å². The van der Waals surface area contributed by atoms with E-state index in [1.165, 1.54) is 0 Å². The lowest BCUT2D eigenvalue weighted by atomic mass is 10.00. The summed E-state index contributed by atoms with van der Waals surface area (Å²) in [4.78, 5) is 33.3. The van der Waals surface area contributed by atoms with Crippen LogP contribution in [-0.4, -0.2) is 37.3 Å². The highest BCUT2D eigenvalue weighted by Gasteiger charge is 2.31. The number of piperidine rings is 1. The summed E-state index contributed by atoms with van der Waals surface area (Å²) in [5, 5.41) is 3.39. The van der Waals surface area contributed by atoms with E-state index in [1.807, 2.05) is 53.4 Å². The molecule has 164 valence electrons. The molecule has 0 bridgehead atoms. The van der Waals surface area contributed by atoms with Crippen LogP contribution in [0, 0.1) is 0 Å². The first-order chi connectivity index (χ1) is 16.3. The minimum absolute atomic E-state index is 0.0185. The van der Waals surface area contributed by atoms with Crippen LogP contribution >= 0.6 is 0 Å². The van der Waals surface area contributed by atoms with E-state index in [4.69, 9.17) is 9.97 Å². The van der Waals surface area contributed by atoms with Crippen molar-refractivity contribution >= 4 is 17.4 Å². The number of anilines is 2. The minimum Gasteiger partial charge on any atom is -0.340 e. The average Bonchev–Trinajstić information content (AvgIpc) is 2.90. The van der Waals surface area contributed by atoms with Crippen molar-refractivity contribution < 1.29 is 4.79 Å². The molecule has 1 fully saturated rings. The standard InChI is InChI=1S/C26H24N6O/c33-26(19-11-14-27-15-12-19)32-16-5-4-10-23(32)25-30-22(20-7-6-13-28-18-20)17-24(31-25)29-21-8-2-1-3-9-21/h1-3,6-9,11-15,17-18,23H,4-5,10,16H2,(H,29,30,31). The van der Waals surface area contributed by atoms with Crippen LogP contribution in [-0.2, 0) is 0 Å². The Morgan fingerprint density at radius 3 is 2.55 bits per heavy atom. The largest absolute Gasteiger partial charge is 0.340 e. The summed E-state index contributed by atoms with van der Waals surface area (Å²) in [6, 6.07) is 19.0. The zero-order valence-electron chi connectivity index (χ0n) is 18.1. The Kier molecular flexibility index (Phi) is 6.01. The molecule has 1 unspecified atom stereocenters. The van der Waals surface area contributed by atoms with Crippen molar-refractivity contribution in [3.05, 3.63) is 96.8 Å². The lowest BCUT2D eigenvalue weighted by Gasteiger charge is -2.35. The van der Waals surface area contributed by atoms with E-state index in [0.29, 0.717) is 23.8 Å². The van der Waals surface area contributed by atoms with Crippen LogP contribution < -0.4 is 5.32 Å². The third-order valence-electron chi connectivity index (χ3n) is 5.74. The number of amides is 1. The molecule has 4 aromatic rings. The van der Waals surface area contributed by atoms with Crippen LogP contribution in [0.1, 0.15) is 41.5 Å². The first kappa shape index (κ1) is 20.8. The predicted octanol–water partition coefficient (Wildman–Crippen LogP) is 5.04. The van der Waals surface area contributed by atoms with Gasteiger partial charge in [-0.2, -0.15) is 0 Å². The molecule has 3 aromatic heterocycles. The number of hydrogen-bond donors (Lipinski definition) is 1. The van der Waals surface area contributed by atoms with E-state index in [0.717, 1.165) is 36.2 Å². The minimum atomic E-state index is -0.202. The highest BCUT2D eigenvalue weighted by Crippen LogP contribution is 2.33. The zero-order chi connectivity index (χ0) is 22.5. The molecular formula is C26H24N6O. The topological polar surface area (TPSA) is 83.9 Å². The van der Waals surface area contributed by atoms with E-state index in [9.17, 15) is 4.79 Å². The molecule has 5 rings (SSSR count). The van der Waals surface area contributed by atoms with E-state index in [1.54, 1.807) is 36.9 Å². The predicted molar refractivity (Wildman–Crippen MR) is 127 cm³/mol. The molecule has 4 heterocycles. The molecule has 0 saturated carbocycles. The van der Waals surface area contributed by atoms with E-state index in [2.05, 4.69) is 15.3 Å². The van der Waals surface area contributed by atoms with Gasteiger partial charge in [-0.15, -0.1) is 0 Å². The number of benzene rings is 1. The van der Waals surface area contributed by atoms with Crippen molar-refractivity contribution in [1.82, 2.24) is 24.8 Å². The van der Waals surface area contributed by atoms with Gasteiger partial charge in [0.1, 0.15) is 5.82 Å². The summed E-state index contributed by atoms with van der Waals surface area (Å²) in [5.74, 6) is 1.30. The van der Waals surface area contributed by atoms with Gasteiger partial charge < -0.3 is 10.2 Å². The maximum absolute atomic E-state index is 13.3. The number of pyridine rings is 2. The van der Waals surface area contributed by atoms with Crippen LogP contribution in [0.3, 0.4) is 0 Å². The fourth-order valence-corrected chi connectivity index (χ4v) is 4.11. The molecule has 7 heteroatoms. The Labute approximate surface area is 192 Å². The number of likely N-dealkylation sites (tertiary alicyclic amines) is 1. The highest BCUT2D eigenvalue weighted by atomic mass is 16.2. The second kappa shape index (κ2) is 9.56. The molecule has 33 heavy (non-hydrogen) atoms. The number of nitrogens with zero attached hydrogens (tertiary/aromatic N) is 5. The van der Waals surface area contributed by atoms with Gasteiger partial charge in [-0.1, -0.05) is 18.2 Å². The van der Waals surface area contributed by atoms with Gasteiger partial charge in [0.2, 0.25) is 0 Å². The van der Waals surface area contributed by atoms with E-state index >= 15 is 0 Å². The first-order valence-corrected chi connectivity index (χ1v) is 11.1. The van der Waals surface area contributed by atoms with Gasteiger partial charge in [0, 0.05) is 54.2 Å². The van der Waals surface area contributed by atoms with Crippen molar-refractivity contribution in [2.24, 2.45) is 0 Å². The SMILES string of the molecule is O=C(c1ccncc1)N1CCCCC1c1nc(Nc2ccccc2)cc(-c2cccnc2)n1. The Morgan fingerprint density at radius 2 is 1.76 bits per heavy atom. The Balaban J connectivity index is 1.55. The lowest BCUT2D eigenvalue weighted by molar-refractivity contribution is 0.0600. The summed E-state index contributed by atoms with van der Waals surface area (Å²) in [6.45, 7) is 0.674. The third-order valence-corrected chi connectivity index (χ3v) is 5.74. The normalized spacial score (nSPS) is 15.8. The number of rotatable bonds is 5. The number of carbonyl (C=O) groups is 1. The molecule has 1 aliphatic heterocycles. The second-order valence-electron chi connectivity index (χ2n) is 7.98. The molecule has 0 radical (unpaired) electrons. The average molecular weight is 437 g/mol. The number of hydrogen-bond acceptors (Lipinski definition) is 6. The summed E-state index contributed by atoms with van der Waals surface area (Å²) < 4.78 is 0. The summed E-state index contributed by atoms with van der Waals surface area (Å²) >= 11 is 0. The number of para-hydroxylation sites is 1. The molecule has 1 aromatic carbocycles. The van der Waals surface area contributed by atoms with Gasteiger partial charge in [0.15, 0.2) is 5.82 Å². The van der Waals surface area contributed by atoms with Crippen LogP contribution in [0.2, 0.25) is 0 Å². The van der Waals surface area contributed by atoms with Crippen LogP contribution in [0.5, 0.6) is 0 Å². The number of nitrogens with one attached hydrogen (secondary N) is 1. The zero-order valence-corrected chi connectivity index (χ0v) is 18.1. The number of carbonyl (C=O) groups excluding carboxylic acids is 1. The Hall–Kier alpha value is -4.13. The smallest absolute Gasteiger partial charge is 0.254 e. The van der Waals surface area contributed by atoms with Crippen LogP contribution in [0.4, 0.5) is 11.5 Å². The quantitative estimate of drug-likeness (QED) is 0.472. The van der Waals surface area contributed by atoms with Crippen molar-refractivity contribution in [3.8, 4) is 11.3 Å². The van der Waals surface area contributed by atoms with E-state index in [-0.39, 0.29) is 11.9 Å². The fraction of sp³-hybridized carbons (Fsp3) is 0.192. The van der Waals surface area contributed by atoms with Crippen LogP contribution in [0.15, 0.2) is 85.5 Å². The fourth-order valence-electron chi connectivity index (χ4n) is 4.11. The lowest BCUT2D eigenvalue weighted by Crippen LogP contribution is -2.39. The van der Waals surface area contributed by atoms with Gasteiger partial charge in [0.05, 0.1) is 11.7 Å². The second-order valence-corrected chi connectivity index (χ2v) is 7.98. The molecule has 1 N–H and O–H groups in total. The van der Waals surface area contributed by atoms with Gasteiger partial charge in [-0.25, -0.2) is 9.97 Å². The summed E-state index contributed by atoms with van der Waals surface area (Å²) in [6.07, 6.45) is 9.63. The highest BCUT2D eigenvalue weighted by molar-refractivity contribution is 5.94. The maximum atomic E-state index is 13.3. The number of aromatic nitrogens is 4.